The van der Waals surface area contributed by atoms with Crippen molar-refractivity contribution >= 4 is 23.1 Å². The van der Waals surface area contributed by atoms with Crippen LogP contribution in [0.4, 0.5) is 13.2 Å². The molecule has 0 radical (unpaired) electrons. The lowest BCUT2D eigenvalue weighted by atomic mass is 9.91. The first-order valence-electron chi connectivity index (χ1n) is 8.23. The summed E-state index contributed by atoms with van der Waals surface area (Å²) in [6.07, 6.45) is 0.855. The van der Waals surface area contributed by atoms with Gasteiger partial charge in [0, 0.05) is 23.4 Å². The van der Waals surface area contributed by atoms with Crippen LogP contribution in [0.5, 0.6) is 0 Å². The standard InChI is InChI=1S/C19H17F3N4O2/c1-18(2,28)12-5-3-10(7-13(12)19(20,21)22)14-9-25-17-16(26-14)11(8-24-17)4-6-15(23)27/h3-9,28H,1-2H3,(H2,23,27)(H,24,25)/b6-4+. The molecular formula is C19H17F3N4O2. The van der Waals surface area contributed by atoms with Gasteiger partial charge in [0.2, 0.25) is 5.91 Å². The fraction of sp³-hybridized carbons (Fsp3) is 0.211. The van der Waals surface area contributed by atoms with Crippen LogP contribution in [0, 0.1) is 0 Å². The monoisotopic (exact) mass is 390 g/mol. The van der Waals surface area contributed by atoms with Gasteiger partial charge >= 0.3 is 6.18 Å². The molecule has 6 nitrogen and oxygen atoms in total. The molecule has 0 bridgehead atoms. The lowest BCUT2D eigenvalue weighted by molar-refractivity contribution is -0.140. The van der Waals surface area contributed by atoms with Crippen LogP contribution >= 0.6 is 0 Å². The van der Waals surface area contributed by atoms with Crippen molar-refractivity contribution in [1.82, 2.24) is 15.0 Å². The summed E-state index contributed by atoms with van der Waals surface area (Å²) in [5.74, 6) is -0.643. The molecule has 0 saturated carbocycles. The summed E-state index contributed by atoms with van der Waals surface area (Å²) in [5, 5.41) is 10.1. The van der Waals surface area contributed by atoms with Crippen LogP contribution in [-0.4, -0.2) is 26.0 Å². The molecule has 28 heavy (non-hydrogen) atoms. The quantitative estimate of drug-likeness (QED) is 0.594. The van der Waals surface area contributed by atoms with Crippen LogP contribution in [0.15, 0.2) is 36.7 Å². The summed E-state index contributed by atoms with van der Waals surface area (Å²) < 4.78 is 40.5. The predicted molar refractivity (Wildman–Crippen MR) is 97.8 cm³/mol. The second-order valence-electron chi connectivity index (χ2n) is 6.75. The SMILES string of the molecule is CC(C)(O)c1ccc(-c2cnc3[nH]cc(/C=C/C(N)=O)c3n2)cc1C(F)(F)F. The third kappa shape index (κ3) is 3.89. The number of rotatable bonds is 4. The van der Waals surface area contributed by atoms with E-state index in [1.54, 1.807) is 6.20 Å². The maximum Gasteiger partial charge on any atom is 0.416 e. The third-order valence-electron chi connectivity index (χ3n) is 4.12. The van der Waals surface area contributed by atoms with Gasteiger partial charge in [0.15, 0.2) is 5.65 Å². The van der Waals surface area contributed by atoms with E-state index in [1.807, 2.05) is 0 Å². The highest BCUT2D eigenvalue weighted by Crippen LogP contribution is 2.38. The average molecular weight is 390 g/mol. The highest BCUT2D eigenvalue weighted by Gasteiger charge is 2.37. The van der Waals surface area contributed by atoms with Crippen molar-refractivity contribution in [2.24, 2.45) is 5.73 Å². The van der Waals surface area contributed by atoms with Gasteiger partial charge in [0.25, 0.3) is 0 Å². The summed E-state index contributed by atoms with van der Waals surface area (Å²) in [5.41, 5.74) is 3.98. The molecule has 0 aliphatic rings. The van der Waals surface area contributed by atoms with E-state index >= 15 is 0 Å². The molecule has 0 fully saturated rings. The van der Waals surface area contributed by atoms with Crippen molar-refractivity contribution in [2.45, 2.75) is 25.6 Å². The minimum Gasteiger partial charge on any atom is -0.386 e. The normalized spacial score (nSPS) is 12.8. The van der Waals surface area contributed by atoms with Gasteiger partial charge in [-0.15, -0.1) is 0 Å². The van der Waals surface area contributed by atoms with Crippen LogP contribution in [-0.2, 0) is 16.6 Å². The topological polar surface area (TPSA) is 105 Å². The number of aliphatic hydroxyl groups is 1. The second-order valence-corrected chi connectivity index (χ2v) is 6.75. The molecule has 3 rings (SSSR count). The summed E-state index contributed by atoms with van der Waals surface area (Å²) in [6, 6.07) is 3.62. The molecule has 3 aromatic rings. The molecule has 4 N–H and O–H groups in total. The number of fused-ring (bicyclic) bond motifs is 1. The summed E-state index contributed by atoms with van der Waals surface area (Å²) >= 11 is 0. The molecule has 1 amide bonds. The van der Waals surface area contributed by atoms with E-state index in [9.17, 15) is 23.1 Å². The van der Waals surface area contributed by atoms with Gasteiger partial charge in [-0.25, -0.2) is 9.97 Å². The zero-order valence-corrected chi connectivity index (χ0v) is 15.0. The zero-order valence-electron chi connectivity index (χ0n) is 15.0. The summed E-state index contributed by atoms with van der Waals surface area (Å²) in [7, 11) is 0. The van der Waals surface area contributed by atoms with Gasteiger partial charge in [-0.2, -0.15) is 13.2 Å². The Morgan fingerprint density at radius 3 is 2.57 bits per heavy atom. The van der Waals surface area contributed by atoms with E-state index in [4.69, 9.17) is 5.73 Å². The van der Waals surface area contributed by atoms with Crippen molar-refractivity contribution in [3.63, 3.8) is 0 Å². The predicted octanol–water partition coefficient (Wildman–Crippen LogP) is 3.37. The smallest absolute Gasteiger partial charge is 0.386 e. The van der Waals surface area contributed by atoms with Crippen LogP contribution in [0.2, 0.25) is 0 Å². The van der Waals surface area contributed by atoms with E-state index in [-0.39, 0.29) is 16.8 Å². The van der Waals surface area contributed by atoms with Gasteiger partial charge in [-0.1, -0.05) is 12.1 Å². The Kier molecular flexibility index (Phi) is 4.72. The van der Waals surface area contributed by atoms with Crippen molar-refractivity contribution < 1.29 is 23.1 Å². The zero-order chi connectivity index (χ0) is 20.7. The lowest BCUT2D eigenvalue weighted by Crippen LogP contribution is -2.22. The van der Waals surface area contributed by atoms with E-state index in [0.29, 0.717) is 16.7 Å². The Balaban J connectivity index is 2.14. The number of nitrogens with one attached hydrogen (secondary N) is 1. The van der Waals surface area contributed by atoms with E-state index in [2.05, 4.69) is 15.0 Å². The number of nitrogens with two attached hydrogens (primary N) is 1. The molecule has 0 spiro atoms. The number of amides is 1. The number of benzene rings is 1. The Morgan fingerprint density at radius 1 is 1.25 bits per heavy atom. The number of aromatic nitrogens is 3. The van der Waals surface area contributed by atoms with Crippen molar-refractivity contribution in [3.05, 3.63) is 53.4 Å². The van der Waals surface area contributed by atoms with Crippen LogP contribution in [0.3, 0.4) is 0 Å². The number of halogens is 3. The average Bonchev–Trinajstić information content (AvgIpc) is 3.00. The number of carbonyl (C=O) groups excluding carboxylic acids is 1. The van der Waals surface area contributed by atoms with Crippen molar-refractivity contribution in [3.8, 4) is 11.3 Å². The highest BCUT2D eigenvalue weighted by molar-refractivity contribution is 5.93. The number of primary amides is 1. The van der Waals surface area contributed by atoms with E-state index in [0.717, 1.165) is 12.1 Å². The van der Waals surface area contributed by atoms with Crippen LogP contribution in [0.1, 0.15) is 30.5 Å². The minimum absolute atomic E-state index is 0.195. The minimum atomic E-state index is -4.65. The second kappa shape index (κ2) is 6.75. The lowest BCUT2D eigenvalue weighted by Gasteiger charge is -2.23. The largest absolute Gasteiger partial charge is 0.416 e. The highest BCUT2D eigenvalue weighted by atomic mass is 19.4. The molecule has 9 heteroatoms. The first-order chi connectivity index (χ1) is 13.0. The van der Waals surface area contributed by atoms with Gasteiger partial charge in [0.1, 0.15) is 5.52 Å². The number of nitrogens with zero attached hydrogens (tertiary/aromatic N) is 2. The molecule has 2 heterocycles. The maximum atomic E-state index is 13.5. The molecule has 0 atom stereocenters. The Morgan fingerprint density at radius 2 is 1.96 bits per heavy atom. The number of alkyl halides is 3. The number of aromatic amines is 1. The van der Waals surface area contributed by atoms with Crippen molar-refractivity contribution in [2.75, 3.05) is 0 Å². The van der Waals surface area contributed by atoms with Crippen LogP contribution < -0.4 is 5.73 Å². The molecule has 0 aliphatic carbocycles. The molecule has 2 aromatic heterocycles. The first kappa shape index (κ1) is 19.6. The molecule has 0 unspecified atom stereocenters. The van der Waals surface area contributed by atoms with E-state index in [1.165, 1.54) is 38.3 Å². The van der Waals surface area contributed by atoms with Gasteiger partial charge in [0.05, 0.1) is 23.1 Å². The molecule has 0 saturated heterocycles. The van der Waals surface area contributed by atoms with Crippen LogP contribution in [0.25, 0.3) is 28.5 Å². The van der Waals surface area contributed by atoms with Gasteiger partial charge < -0.3 is 15.8 Å². The molecular weight excluding hydrogens is 373 g/mol. The number of hydrogen-bond acceptors (Lipinski definition) is 4. The molecule has 1 aromatic carbocycles. The fourth-order valence-electron chi connectivity index (χ4n) is 2.82. The van der Waals surface area contributed by atoms with Crippen molar-refractivity contribution in [1.29, 1.82) is 0 Å². The van der Waals surface area contributed by atoms with Gasteiger partial charge in [-0.05, 0) is 31.6 Å². The van der Waals surface area contributed by atoms with E-state index < -0.39 is 23.2 Å². The Labute approximate surface area is 157 Å². The Hall–Kier alpha value is -3.20. The summed E-state index contributed by atoms with van der Waals surface area (Å²) in [4.78, 5) is 22.3. The van der Waals surface area contributed by atoms with Gasteiger partial charge in [-0.3, -0.25) is 4.79 Å². The number of carbonyl (C=O) groups is 1. The number of hydrogen-bond donors (Lipinski definition) is 3. The molecule has 0 aliphatic heterocycles. The fourth-order valence-corrected chi connectivity index (χ4v) is 2.82. The number of H-pyrrole nitrogens is 1. The Bertz CT molecular complexity index is 1080. The third-order valence-corrected chi connectivity index (χ3v) is 4.12. The first-order valence-corrected chi connectivity index (χ1v) is 8.23. The summed E-state index contributed by atoms with van der Waals surface area (Å²) in [6.45, 7) is 2.58. The maximum absolute atomic E-state index is 13.5. The molecule has 146 valence electrons.